The van der Waals surface area contributed by atoms with Gasteiger partial charge in [-0.1, -0.05) is 11.6 Å². The van der Waals surface area contributed by atoms with Crippen molar-refractivity contribution in [3.63, 3.8) is 0 Å². The van der Waals surface area contributed by atoms with Crippen LogP contribution < -0.4 is 15.5 Å². The molecule has 1 atom stereocenters. The number of fused-ring (bicyclic) bond motifs is 1. The SMILES string of the molecule is O=C1CCc2cc(N3CCC(O)(C(=O)NCc4c(F)cc(Cl)cc4F)C3=O)ccc2N1. The van der Waals surface area contributed by atoms with Crippen molar-refractivity contribution in [3.8, 4) is 0 Å². The second-order valence-corrected chi connectivity index (χ2v) is 7.92. The summed E-state index contributed by atoms with van der Waals surface area (Å²) in [6.07, 6.45) is 0.658. The maximum absolute atomic E-state index is 13.9. The van der Waals surface area contributed by atoms with Crippen LogP contribution in [-0.4, -0.2) is 35.0 Å². The van der Waals surface area contributed by atoms with Gasteiger partial charge in [0.1, 0.15) is 11.6 Å². The van der Waals surface area contributed by atoms with Crippen LogP contribution in [0, 0.1) is 11.6 Å². The molecule has 0 aromatic heterocycles. The van der Waals surface area contributed by atoms with Gasteiger partial charge in [0.05, 0.1) is 0 Å². The molecule has 2 aromatic carbocycles. The molecule has 7 nitrogen and oxygen atoms in total. The number of nitrogens with zero attached hydrogens (tertiary/aromatic N) is 1. The quantitative estimate of drug-likeness (QED) is 0.624. The van der Waals surface area contributed by atoms with Gasteiger partial charge >= 0.3 is 0 Å². The highest BCUT2D eigenvalue weighted by Gasteiger charge is 2.51. The minimum absolute atomic E-state index is 0.0809. The van der Waals surface area contributed by atoms with Crippen LogP contribution in [0.5, 0.6) is 0 Å². The monoisotopic (exact) mass is 449 g/mol. The van der Waals surface area contributed by atoms with Crippen molar-refractivity contribution in [2.45, 2.75) is 31.4 Å². The fraction of sp³-hybridized carbons (Fsp3) is 0.286. The first-order chi connectivity index (χ1) is 14.7. The number of amides is 3. The van der Waals surface area contributed by atoms with Crippen molar-refractivity contribution in [2.24, 2.45) is 0 Å². The molecule has 31 heavy (non-hydrogen) atoms. The lowest BCUT2D eigenvalue weighted by Gasteiger charge is -2.24. The average molecular weight is 450 g/mol. The first-order valence-corrected chi connectivity index (χ1v) is 9.95. The smallest absolute Gasteiger partial charge is 0.268 e. The second kappa shape index (κ2) is 7.90. The van der Waals surface area contributed by atoms with E-state index >= 15 is 0 Å². The van der Waals surface area contributed by atoms with Gasteiger partial charge in [0.25, 0.3) is 11.8 Å². The Labute approximate surface area is 181 Å². The lowest BCUT2D eigenvalue weighted by atomic mass is 10.0. The van der Waals surface area contributed by atoms with Crippen LogP contribution >= 0.6 is 11.6 Å². The van der Waals surface area contributed by atoms with E-state index in [2.05, 4.69) is 10.6 Å². The van der Waals surface area contributed by atoms with Crippen molar-refractivity contribution in [2.75, 3.05) is 16.8 Å². The molecule has 2 heterocycles. The number of hydrogen-bond donors (Lipinski definition) is 3. The predicted molar refractivity (Wildman–Crippen MR) is 109 cm³/mol. The molecule has 0 aliphatic carbocycles. The molecular weight excluding hydrogens is 432 g/mol. The molecule has 0 saturated carbocycles. The zero-order valence-electron chi connectivity index (χ0n) is 16.2. The van der Waals surface area contributed by atoms with Crippen LogP contribution in [0.25, 0.3) is 0 Å². The molecule has 1 saturated heterocycles. The normalized spacial score (nSPS) is 20.5. The van der Waals surface area contributed by atoms with E-state index in [-0.39, 0.29) is 23.9 Å². The first kappa shape index (κ1) is 21.2. The van der Waals surface area contributed by atoms with Crippen LogP contribution in [0.1, 0.15) is 24.0 Å². The number of nitrogens with one attached hydrogen (secondary N) is 2. The summed E-state index contributed by atoms with van der Waals surface area (Å²) in [5.41, 5.74) is -0.798. The average Bonchev–Trinajstić information content (AvgIpc) is 3.02. The zero-order valence-corrected chi connectivity index (χ0v) is 16.9. The van der Waals surface area contributed by atoms with E-state index in [9.17, 15) is 28.3 Å². The Bertz CT molecular complexity index is 1090. The van der Waals surface area contributed by atoms with Crippen molar-refractivity contribution >= 4 is 40.7 Å². The molecule has 1 fully saturated rings. The summed E-state index contributed by atoms with van der Waals surface area (Å²) in [6.45, 7) is -0.473. The molecule has 0 spiro atoms. The third-order valence-electron chi connectivity index (χ3n) is 5.50. The van der Waals surface area contributed by atoms with Gasteiger partial charge in [0.2, 0.25) is 11.5 Å². The highest BCUT2D eigenvalue weighted by molar-refractivity contribution is 6.30. The van der Waals surface area contributed by atoms with Crippen molar-refractivity contribution in [1.82, 2.24) is 5.32 Å². The molecular formula is C21H18ClF2N3O4. The molecule has 0 bridgehead atoms. The zero-order chi connectivity index (χ0) is 22.3. The summed E-state index contributed by atoms with van der Waals surface area (Å²) >= 11 is 5.58. The standard InChI is InChI=1S/C21H18ClF2N3O4/c22-12-8-15(23)14(16(24)9-12)10-25-19(29)21(31)5-6-27(20(21)30)13-2-3-17-11(7-13)1-4-18(28)26-17/h2-3,7-9,31H,1,4-6,10H2,(H,25,29)(H,26,28). The van der Waals surface area contributed by atoms with Crippen molar-refractivity contribution in [3.05, 3.63) is 58.1 Å². The van der Waals surface area contributed by atoms with Gasteiger partial charge in [0, 0.05) is 47.9 Å². The molecule has 2 aliphatic rings. The van der Waals surface area contributed by atoms with Crippen LogP contribution in [0.2, 0.25) is 5.02 Å². The summed E-state index contributed by atoms with van der Waals surface area (Å²) in [6, 6.07) is 6.82. The number of benzene rings is 2. The fourth-order valence-corrected chi connectivity index (χ4v) is 3.95. The summed E-state index contributed by atoms with van der Waals surface area (Å²) in [4.78, 5) is 38.2. The molecule has 2 aromatic rings. The summed E-state index contributed by atoms with van der Waals surface area (Å²) in [5.74, 6) is -3.85. The maximum atomic E-state index is 13.9. The van der Waals surface area contributed by atoms with Crippen LogP contribution in [0.15, 0.2) is 30.3 Å². The molecule has 162 valence electrons. The van der Waals surface area contributed by atoms with Gasteiger partial charge in [0.15, 0.2) is 0 Å². The van der Waals surface area contributed by atoms with E-state index in [1.165, 1.54) is 4.90 Å². The topological polar surface area (TPSA) is 98.7 Å². The molecule has 10 heteroatoms. The Hall–Kier alpha value is -3.04. The fourth-order valence-electron chi connectivity index (χ4n) is 3.76. The Morgan fingerprint density at radius 2 is 1.90 bits per heavy atom. The third kappa shape index (κ3) is 3.86. The molecule has 4 rings (SSSR count). The largest absolute Gasteiger partial charge is 0.372 e. The summed E-state index contributed by atoms with van der Waals surface area (Å²) < 4.78 is 27.8. The van der Waals surface area contributed by atoms with Gasteiger partial charge in [-0.05, 0) is 42.3 Å². The van der Waals surface area contributed by atoms with Crippen LogP contribution in [0.3, 0.4) is 0 Å². The number of carbonyl (C=O) groups is 3. The second-order valence-electron chi connectivity index (χ2n) is 7.49. The van der Waals surface area contributed by atoms with E-state index in [1.54, 1.807) is 18.2 Å². The van der Waals surface area contributed by atoms with E-state index < -0.39 is 41.2 Å². The maximum Gasteiger partial charge on any atom is 0.268 e. The van der Waals surface area contributed by atoms with E-state index in [4.69, 9.17) is 11.6 Å². The van der Waals surface area contributed by atoms with Crippen molar-refractivity contribution < 1.29 is 28.3 Å². The van der Waals surface area contributed by atoms with E-state index in [0.29, 0.717) is 24.2 Å². The van der Waals surface area contributed by atoms with Gasteiger partial charge < -0.3 is 20.6 Å². The number of hydrogen-bond acceptors (Lipinski definition) is 4. The number of anilines is 2. The van der Waals surface area contributed by atoms with Gasteiger partial charge in [-0.15, -0.1) is 0 Å². The Kier molecular flexibility index (Phi) is 5.40. The number of aliphatic hydroxyl groups is 1. The number of aryl methyl sites for hydroxylation is 1. The minimum Gasteiger partial charge on any atom is -0.372 e. The van der Waals surface area contributed by atoms with E-state index in [1.807, 2.05) is 0 Å². The van der Waals surface area contributed by atoms with Crippen LogP contribution in [0.4, 0.5) is 20.2 Å². The van der Waals surface area contributed by atoms with Gasteiger partial charge in [-0.3, -0.25) is 14.4 Å². The first-order valence-electron chi connectivity index (χ1n) is 9.58. The molecule has 0 radical (unpaired) electrons. The van der Waals surface area contributed by atoms with Gasteiger partial charge in [-0.25, -0.2) is 8.78 Å². The number of rotatable bonds is 4. The Morgan fingerprint density at radius 1 is 1.19 bits per heavy atom. The number of halogens is 3. The molecule has 3 amide bonds. The van der Waals surface area contributed by atoms with Crippen LogP contribution in [-0.2, 0) is 27.3 Å². The minimum atomic E-state index is -2.36. The summed E-state index contributed by atoms with van der Waals surface area (Å²) in [5, 5.41) is 15.6. The Balaban J connectivity index is 1.49. The lowest BCUT2D eigenvalue weighted by Crippen LogP contribution is -2.52. The van der Waals surface area contributed by atoms with E-state index in [0.717, 1.165) is 17.7 Å². The van der Waals surface area contributed by atoms with Gasteiger partial charge in [-0.2, -0.15) is 0 Å². The Morgan fingerprint density at radius 3 is 2.61 bits per heavy atom. The molecule has 3 N–H and O–H groups in total. The summed E-state index contributed by atoms with van der Waals surface area (Å²) in [7, 11) is 0. The predicted octanol–water partition coefficient (Wildman–Crippen LogP) is 2.29. The van der Waals surface area contributed by atoms with Crippen molar-refractivity contribution in [1.29, 1.82) is 0 Å². The highest BCUT2D eigenvalue weighted by Crippen LogP contribution is 2.33. The number of carbonyl (C=O) groups excluding carboxylic acids is 3. The lowest BCUT2D eigenvalue weighted by molar-refractivity contribution is -0.149. The molecule has 1 unspecified atom stereocenters. The molecule has 2 aliphatic heterocycles. The highest BCUT2D eigenvalue weighted by atomic mass is 35.5. The third-order valence-corrected chi connectivity index (χ3v) is 5.72.